The molecule has 0 bridgehead atoms. The largest absolute Gasteiger partial charge is 0.504 e. The quantitative estimate of drug-likeness (QED) is 0.883. The summed E-state index contributed by atoms with van der Waals surface area (Å²) in [7, 11) is 1.47. The lowest BCUT2D eigenvalue weighted by molar-refractivity contribution is -0.0586. The summed E-state index contributed by atoms with van der Waals surface area (Å²) in [4.78, 5) is 14.1. The Morgan fingerprint density at radius 1 is 1.37 bits per heavy atom. The first kappa shape index (κ1) is 13.7. The van der Waals surface area contributed by atoms with Crippen molar-refractivity contribution in [2.24, 2.45) is 0 Å². The van der Waals surface area contributed by atoms with Gasteiger partial charge in [0, 0.05) is 18.7 Å². The van der Waals surface area contributed by atoms with Crippen LogP contribution >= 0.6 is 0 Å². The second-order valence-corrected chi connectivity index (χ2v) is 4.85. The predicted molar refractivity (Wildman–Crippen MR) is 70.6 cm³/mol. The average Bonchev–Trinajstić information content (AvgIpc) is 2.36. The summed E-state index contributed by atoms with van der Waals surface area (Å²) < 4.78 is 10.6. The number of methoxy groups -OCH3 is 1. The number of aromatic hydroxyl groups is 1. The number of rotatable bonds is 2. The van der Waals surface area contributed by atoms with E-state index >= 15 is 0 Å². The molecule has 0 unspecified atom stereocenters. The Bertz CT molecular complexity index is 465. The second kappa shape index (κ2) is 5.48. The van der Waals surface area contributed by atoms with Crippen LogP contribution in [0.25, 0.3) is 0 Å². The summed E-state index contributed by atoms with van der Waals surface area (Å²) in [6.07, 6.45) is 0.0547. The van der Waals surface area contributed by atoms with E-state index < -0.39 is 0 Å². The number of amides is 1. The van der Waals surface area contributed by atoms with Gasteiger partial charge in [-0.05, 0) is 32.0 Å². The van der Waals surface area contributed by atoms with Crippen LogP contribution in [-0.2, 0) is 4.74 Å². The first-order valence-electron chi connectivity index (χ1n) is 6.33. The molecule has 2 atom stereocenters. The summed E-state index contributed by atoms with van der Waals surface area (Å²) in [6.45, 7) is 5.02. The second-order valence-electron chi connectivity index (χ2n) is 4.85. The van der Waals surface area contributed by atoms with E-state index in [2.05, 4.69) is 0 Å². The normalized spacial score (nSPS) is 23.2. The highest BCUT2D eigenvalue weighted by Crippen LogP contribution is 2.27. The number of ether oxygens (including phenoxy) is 2. The van der Waals surface area contributed by atoms with Gasteiger partial charge in [0.15, 0.2) is 11.5 Å². The predicted octanol–water partition coefficient (Wildman–Crippen LogP) is 1.65. The standard InChI is InChI=1S/C14H19NO4/c1-9-7-15(8-10(2)19-9)14(17)11-4-5-13(18-3)12(16)6-11/h4-6,9-10,16H,7-8H2,1-3H3/t9-,10+. The molecule has 1 saturated heterocycles. The van der Waals surface area contributed by atoms with Crippen LogP contribution in [0.1, 0.15) is 24.2 Å². The van der Waals surface area contributed by atoms with Crippen molar-refractivity contribution < 1.29 is 19.4 Å². The number of carbonyl (C=O) groups is 1. The summed E-state index contributed by atoms with van der Waals surface area (Å²) in [5.41, 5.74) is 0.458. The topological polar surface area (TPSA) is 59.0 Å². The first-order chi connectivity index (χ1) is 9.01. The van der Waals surface area contributed by atoms with E-state index in [1.165, 1.54) is 13.2 Å². The third kappa shape index (κ3) is 2.98. The molecule has 1 fully saturated rings. The van der Waals surface area contributed by atoms with Crippen LogP contribution in [0, 0.1) is 0 Å². The van der Waals surface area contributed by atoms with Crippen LogP contribution in [0.3, 0.4) is 0 Å². The summed E-state index contributed by atoms with van der Waals surface area (Å²) in [5, 5.41) is 9.72. The van der Waals surface area contributed by atoms with Gasteiger partial charge in [0.2, 0.25) is 0 Å². The number of nitrogens with zero attached hydrogens (tertiary/aromatic N) is 1. The average molecular weight is 265 g/mol. The van der Waals surface area contributed by atoms with Gasteiger partial charge in [-0.1, -0.05) is 0 Å². The number of morpholine rings is 1. The molecule has 0 radical (unpaired) electrons. The number of benzene rings is 1. The minimum atomic E-state index is -0.0973. The highest BCUT2D eigenvalue weighted by molar-refractivity contribution is 5.95. The fourth-order valence-corrected chi connectivity index (χ4v) is 2.35. The summed E-state index contributed by atoms with van der Waals surface area (Å²) in [6, 6.07) is 4.69. The molecular weight excluding hydrogens is 246 g/mol. The monoisotopic (exact) mass is 265 g/mol. The molecule has 1 aromatic carbocycles. The van der Waals surface area contributed by atoms with E-state index in [1.807, 2.05) is 13.8 Å². The van der Waals surface area contributed by atoms with Crippen molar-refractivity contribution in [3.8, 4) is 11.5 Å². The van der Waals surface area contributed by atoms with Crippen molar-refractivity contribution in [3.05, 3.63) is 23.8 Å². The van der Waals surface area contributed by atoms with Crippen LogP contribution < -0.4 is 4.74 Å². The van der Waals surface area contributed by atoms with E-state index in [0.717, 1.165) is 0 Å². The molecule has 19 heavy (non-hydrogen) atoms. The van der Waals surface area contributed by atoms with Gasteiger partial charge in [-0.25, -0.2) is 0 Å². The van der Waals surface area contributed by atoms with Crippen molar-refractivity contribution in [1.82, 2.24) is 4.90 Å². The smallest absolute Gasteiger partial charge is 0.254 e. The Morgan fingerprint density at radius 3 is 2.53 bits per heavy atom. The SMILES string of the molecule is COc1ccc(C(=O)N2C[C@@H](C)O[C@@H](C)C2)cc1O. The lowest BCUT2D eigenvalue weighted by atomic mass is 10.1. The van der Waals surface area contributed by atoms with Gasteiger partial charge in [0.25, 0.3) is 5.91 Å². The lowest BCUT2D eigenvalue weighted by Crippen LogP contribution is -2.48. The summed E-state index contributed by atoms with van der Waals surface area (Å²) in [5.74, 6) is 0.239. The van der Waals surface area contributed by atoms with E-state index in [-0.39, 0.29) is 23.9 Å². The number of phenolic OH excluding ortho intramolecular Hbond substituents is 1. The van der Waals surface area contributed by atoms with Gasteiger partial charge < -0.3 is 19.5 Å². The highest BCUT2D eigenvalue weighted by Gasteiger charge is 2.26. The third-order valence-electron chi connectivity index (χ3n) is 3.13. The molecule has 5 heteroatoms. The molecule has 1 amide bonds. The lowest BCUT2D eigenvalue weighted by Gasteiger charge is -2.35. The van der Waals surface area contributed by atoms with Crippen LogP contribution in [0.15, 0.2) is 18.2 Å². The number of phenols is 1. The van der Waals surface area contributed by atoms with Crippen molar-refractivity contribution in [2.75, 3.05) is 20.2 Å². The minimum Gasteiger partial charge on any atom is -0.504 e. The fourth-order valence-electron chi connectivity index (χ4n) is 2.35. The first-order valence-corrected chi connectivity index (χ1v) is 6.33. The Balaban J connectivity index is 2.17. The molecule has 2 rings (SSSR count). The molecule has 0 aliphatic carbocycles. The Hall–Kier alpha value is -1.75. The van der Waals surface area contributed by atoms with Gasteiger partial charge in [0.1, 0.15) is 0 Å². The number of hydrogen-bond donors (Lipinski definition) is 1. The molecule has 1 heterocycles. The van der Waals surface area contributed by atoms with Crippen LogP contribution in [-0.4, -0.2) is 48.3 Å². The van der Waals surface area contributed by atoms with E-state index in [0.29, 0.717) is 24.4 Å². The van der Waals surface area contributed by atoms with E-state index in [1.54, 1.807) is 17.0 Å². The van der Waals surface area contributed by atoms with E-state index in [4.69, 9.17) is 9.47 Å². The molecule has 0 spiro atoms. The number of carbonyl (C=O) groups excluding carboxylic acids is 1. The van der Waals surface area contributed by atoms with Crippen molar-refractivity contribution in [1.29, 1.82) is 0 Å². The maximum atomic E-state index is 12.4. The molecule has 104 valence electrons. The molecule has 1 N–H and O–H groups in total. The van der Waals surface area contributed by atoms with E-state index in [9.17, 15) is 9.90 Å². The summed E-state index contributed by atoms with van der Waals surface area (Å²) >= 11 is 0. The third-order valence-corrected chi connectivity index (χ3v) is 3.13. The van der Waals surface area contributed by atoms with Crippen molar-refractivity contribution >= 4 is 5.91 Å². The van der Waals surface area contributed by atoms with Crippen molar-refractivity contribution in [3.63, 3.8) is 0 Å². The zero-order valence-electron chi connectivity index (χ0n) is 11.4. The van der Waals surface area contributed by atoms with Gasteiger partial charge in [-0.3, -0.25) is 4.79 Å². The molecule has 1 aliphatic heterocycles. The molecule has 1 aliphatic rings. The molecule has 1 aromatic rings. The Labute approximate surface area is 112 Å². The van der Waals surface area contributed by atoms with Crippen LogP contribution in [0.4, 0.5) is 0 Å². The zero-order valence-corrected chi connectivity index (χ0v) is 11.4. The molecule has 0 aromatic heterocycles. The number of hydrogen-bond acceptors (Lipinski definition) is 4. The highest BCUT2D eigenvalue weighted by atomic mass is 16.5. The van der Waals surface area contributed by atoms with Crippen molar-refractivity contribution in [2.45, 2.75) is 26.1 Å². The van der Waals surface area contributed by atoms with Gasteiger partial charge in [0.05, 0.1) is 19.3 Å². The fraction of sp³-hybridized carbons (Fsp3) is 0.500. The zero-order chi connectivity index (χ0) is 14.0. The van der Waals surface area contributed by atoms with Crippen LogP contribution in [0.5, 0.6) is 11.5 Å². The molecule has 5 nitrogen and oxygen atoms in total. The van der Waals surface area contributed by atoms with Gasteiger partial charge in [-0.2, -0.15) is 0 Å². The maximum absolute atomic E-state index is 12.4. The minimum absolute atomic E-state index is 0.0253. The van der Waals surface area contributed by atoms with Gasteiger partial charge >= 0.3 is 0 Å². The Kier molecular flexibility index (Phi) is 3.95. The van der Waals surface area contributed by atoms with Crippen LogP contribution in [0.2, 0.25) is 0 Å². The molecule has 0 saturated carbocycles. The van der Waals surface area contributed by atoms with Gasteiger partial charge in [-0.15, -0.1) is 0 Å². The molecular formula is C14H19NO4. The maximum Gasteiger partial charge on any atom is 0.254 e. The Morgan fingerprint density at radius 2 is 2.00 bits per heavy atom.